The van der Waals surface area contributed by atoms with Gasteiger partial charge in [0.2, 0.25) is 5.91 Å². The van der Waals surface area contributed by atoms with Gasteiger partial charge in [0, 0.05) is 17.6 Å². The van der Waals surface area contributed by atoms with Crippen LogP contribution in [0.4, 0.5) is 11.4 Å². The smallest absolute Gasteiger partial charge is 0.240 e. The van der Waals surface area contributed by atoms with Gasteiger partial charge in [-0.2, -0.15) is 0 Å². The Bertz CT molecular complexity index is 408. The van der Waals surface area contributed by atoms with E-state index in [1.165, 1.54) is 0 Å². The topological polar surface area (TPSA) is 58.4 Å². The summed E-state index contributed by atoms with van der Waals surface area (Å²) in [6.45, 7) is 1.62. The molecule has 0 saturated heterocycles. The minimum atomic E-state index is -0.0446. The summed E-state index contributed by atoms with van der Waals surface area (Å²) in [5, 5.41) is 3.31. The van der Waals surface area contributed by atoms with Gasteiger partial charge in [0.15, 0.2) is 0 Å². The van der Waals surface area contributed by atoms with Crippen LogP contribution in [0, 0.1) is 0 Å². The number of hydrogen-bond donors (Lipinski definition) is 2. The Morgan fingerprint density at radius 3 is 3.12 bits per heavy atom. The molecule has 0 saturated carbocycles. The highest BCUT2D eigenvalue weighted by Gasteiger charge is 2.21. The molecule has 16 heavy (non-hydrogen) atoms. The van der Waals surface area contributed by atoms with Crippen LogP contribution in [0.5, 0.6) is 0 Å². The molecule has 0 atom stereocenters. The van der Waals surface area contributed by atoms with Gasteiger partial charge in [-0.25, -0.2) is 0 Å². The van der Waals surface area contributed by atoms with Gasteiger partial charge in [-0.05, 0) is 34.5 Å². The molecule has 0 aliphatic carbocycles. The monoisotopic (exact) mass is 283 g/mol. The number of benzene rings is 1. The van der Waals surface area contributed by atoms with Crippen LogP contribution in [0.2, 0.25) is 0 Å². The third kappa shape index (κ3) is 2.05. The number of nitrogens with one attached hydrogen (secondary N) is 1. The van der Waals surface area contributed by atoms with Gasteiger partial charge in [-0.3, -0.25) is 4.79 Å². The molecule has 0 spiro atoms. The molecule has 1 aliphatic rings. The Kier molecular flexibility index (Phi) is 3.46. The van der Waals surface area contributed by atoms with Crippen LogP contribution in [-0.2, 0) is 4.79 Å². The van der Waals surface area contributed by atoms with Crippen molar-refractivity contribution in [2.24, 2.45) is 5.73 Å². The summed E-state index contributed by atoms with van der Waals surface area (Å²) >= 11 is 3.48. The molecule has 5 heteroatoms. The summed E-state index contributed by atoms with van der Waals surface area (Å²) in [4.78, 5) is 13.5. The van der Waals surface area contributed by atoms with Crippen molar-refractivity contribution in [3.8, 4) is 0 Å². The quantitative estimate of drug-likeness (QED) is 0.822. The van der Waals surface area contributed by atoms with Gasteiger partial charge < -0.3 is 16.0 Å². The predicted molar refractivity (Wildman–Crippen MR) is 68.7 cm³/mol. The third-order valence-electron chi connectivity index (χ3n) is 2.61. The normalized spacial score (nSPS) is 15.0. The molecule has 0 unspecified atom stereocenters. The van der Waals surface area contributed by atoms with E-state index in [9.17, 15) is 4.79 Å². The maximum Gasteiger partial charge on any atom is 0.240 e. The number of nitrogens with two attached hydrogens (primary N) is 1. The van der Waals surface area contributed by atoms with E-state index in [-0.39, 0.29) is 12.5 Å². The van der Waals surface area contributed by atoms with Crippen molar-refractivity contribution in [1.29, 1.82) is 0 Å². The first kappa shape index (κ1) is 11.4. The molecule has 0 aromatic heterocycles. The summed E-state index contributed by atoms with van der Waals surface area (Å²) in [6, 6.07) is 5.86. The van der Waals surface area contributed by atoms with Crippen molar-refractivity contribution in [3.05, 3.63) is 22.7 Å². The minimum Gasteiger partial charge on any atom is -0.383 e. The number of hydrogen-bond acceptors (Lipinski definition) is 3. The second kappa shape index (κ2) is 4.84. The van der Waals surface area contributed by atoms with E-state index < -0.39 is 0 Å². The summed E-state index contributed by atoms with van der Waals surface area (Å²) in [5.74, 6) is -0.0446. The third-order valence-corrected chi connectivity index (χ3v) is 3.25. The number of carbonyl (C=O) groups is 1. The fourth-order valence-electron chi connectivity index (χ4n) is 1.86. The van der Waals surface area contributed by atoms with E-state index in [0.29, 0.717) is 6.54 Å². The first-order valence-electron chi connectivity index (χ1n) is 5.27. The van der Waals surface area contributed by atoms with Crippen LogP contribution in [0.1, 0.15) is 6.42 Å². The molecular weight excluding hydrogens is 270 g/mol. The highest BCUT2D eigenvalue weighted by molar-refractivity contribution is 9.10. The molecular formula is C11H14BrN3O. The fraction of sp³-hybridized carbons (Fsp3) is 0.364. The summed E-state index contributed by atoms with van der Waals surface area (Å²) in [7, 11) is 0. The van der Waals surface area contributed by atoms with Crippen molar-refractivity contribution in [2.75, 3.05) is 29.9 Å². The molecule has 4 nitrogen and oxygen atoms in total. The average molecular weight is 284 g/mol. The average Bonchev–Trinajstić information content (AvgIpc) is 2.51. The van der Waals surface area contributed by atoms with Gasteiger partial charge in [0.1, 0.15) is 0 Å². The Hall–Kier alpha value is -1.07. The van der Waals surface area contributed by atoms with Crippen LogP contribution < -0.4 is 16.0 Å². The molecule has 1 aromatic carbocycles. The number of para-hydroxylation sites is 1. The van der Waals surface area contributed by atoms with Crippen LogP contribution in [0.3, 0.4) is 0 Å². The maximum absolute atomic E-state index is 11.8. The van der Waals surface area contributed by atoms with Gasteiger partial charge in [0.05, 0.1) is 17.9 Å². The Morgan fingerprint density at radius 1 is 1.56 bits per heavy atom. The number of rotatable bonds is 1. The van der Waals surface area contributed by atoms with Crippen LogP contribution in [0.15, 0.2) is 22.7 Å². The minimum absolute atomic E-state index is 0.0424. The highest BCUT2D eigenvalue weighted by atomic mass is 79.9. The van der Waals surface area contributed by atoms with Crippen molar-refractivity contribution in [3.63, 3.8) is 0 Å². The number of amides is 1. The molecule has 1 heterocycles. The zero-order valence-electron chi connectivity index (χ0n) is 8.87. The van der Waals surface area contributed by atoms with Crippen LogP contribution in [0.25, 0.3) is 0 Å². The van der Waals surface area contributed by atoms with E-state index in [0.717, 1.165) is 28.8 Å². The Balaban J connectivity index is 2.46. The first-order chi connectivity index (χ1) is 7.74. The molecule has 2 rings (SSSR count). The lowest BCUT2D eigenvalue weighted by Crippen LogP contribution is -2.36. The van der Waals surface area contributed by atoms with Crippen molar-refractivity contribution >= 4 is 33.2 Å². The number of nitrogens with zero attached hydrogens (tertiary/aromatic N) is 1. The summed E-state index contributed by atoms with van der Waals surface area (Å²) < 4.78 is 0.918. The Morgan fingerprint density at radius 2 is 2.38 bits per heavy atom. The molecule has 0 bridgehead atoms. The summed E-state index contributed by atoms with van der Waals surface area (Å²) in [5.41, 5.74) is 7.31. The summed E-state index contributed by atoms with van der Waals surface area (Å²) in [6.07, 6.45) is 0.923. The molecule has 0 fully saturated rings. The van der Waals surface area contributed by atoms with E-state index in [4.69, 9.17) is 5.73 Å². The SMILES string of the molecule is NCC(=O)N1CCCNc2cccc(Br)c21. The maximum atomic E-state index is 11.8. The number of halogens is 1. The zero-order valence-corrected chi connectivity index (χ0v) is 10.5. The largest absolute Gasteiger partial charge is 0.383 e. The van der Waals surface area contributed by atoms with Gasteiger partial charge in [0.25, 0.3) is 0 Å². The highest BCUT2D eigenvalue weighted by Crippen LogP contribution is 2.35. The second-order valence-electron chi connectivity index (χ2n) is 3.67. The van der Waals surface area contributed by atoms with E-state index in [2.05, 4.69) is 21.2 Å². The molecule has 1 aliphatic heterocycles. The second-order valence-corrected chi connectivity index (χ2v) is 4.52. The van der Waals surface area contributed by atoms with Crippen LogP contribution in [-0.4, -0.2) is 25.5 Å². The Labute approximate surface area is 103 Å². The van der Waals surface area contributed by atoms with Crippen molar-refractivity contribution in [1.82, 2.24) is 0 Å². The fourth-order valence-corrected chi connectivity index (χ4v) is 2.44. The van der Waals surface area contributed by atoms with Gasteiger partial charge >= 0.3 is 0 Å². The lowest BCUT2D eigenvalue weighted by atomic mass is 10.2. The lowest BCUT2D eigenvalue weighted by Gasteiger charge is -2.23. The molecule has 1 amide bonds. The number of anilines is 2. The van der Waals surface area contributed by atoms with Crippen LogP contribution >= 0.6 is 15.9 Å². The standard InChI is InChI=1S/C11H14BrN3O/c12-8-3-1-4-9-11(8)15(10(16)7-13)6-2-5-14-9/h1,3-4,14H,2,5-7,13H2. The van der Waals surface area contributed by atoms with E-state index >= 15 is 0 Å². The predicted octanol–water partition coefficient (Wildman–Crippen LogP) is 1.56. The van der Waals surface area contributed by atoms with Crippen molar-refractivity contribution < 1.29 is 4.79 Å². The zero-order chi connectivity index (χ0) is 11.5. The number of carbonyl (C=O) groups excluding carboxylic acids is 1. The molecule has 3 N–H and O–H groups in total. The van der Waals surface area contributed by atoms with E-state index in [1.54, 1.807) is 4.90 Å². The molecule has 1 aromatic rings. The van der Waals surface area contributed by atoms with E-state index in [1.807, 2.05) is 18.2 Å². The lowest BCUT2D eigenvalue weighted by molar-refractivity contribution is -0.117. The first-order valence-corrected chi connectivity index (χ1v) is 6.06. The molecule has 86 valence electrons. The van der Waals surface area contributed by atoms with Crippen molar-refractivity contribution in [2.45, 2.75) is 6.42 Å². The number of fused-ring (bicyclic) bond motifs is 1. The molecule has 0 radical (unpaired) electrons. The van der Waals surface area contributed by atoms with Gasteiger partial charge in [-0.1, -0.05) is 6.07 Å². The van der Waals surface area contributed by atoms with Gasteiger partial charge in [-0.15, -0.1) is 0 Å².